The molecule has 0 atom stereocenters. The summed E-state index contributed by atoms with van der Waals surface area (Å²) in [4.78, 5) is 22.7. The van der Waals surface area contributed by atoms with Crippen molar-refractivity contribution in [3.05, 3.63) is 48.5 Å². The van der Waals surface area contributed by atoms with Crippen LogP contribution in [0.15, 0.2) is 48.5 Å². The predicted molar refractivity (Wildman–Crippen MR) is 85.7 cm³/mol. The molecule has 0 aromatic heterocycles. The van der Waals surface area contributed by atoms with Crippen molar-refractivity contribution in [3.63, 3.8) is 0 Å². The summed E-state index contributed by atoms with van der Waals surface area (Å²) in [6, 6.07) is 13.6. The zero-order chi connectivity index (χ0) is 15.9. The first-order valence-electron chi connectivity index (χ1n) is 6.69. The molecule has 6 nitrogen and oxygen atoms in total. The molecule has 0 heterocycles. The lowest BCUT2D eigenvalue weighted by atomic mass is 10.2. The Bertz CT molecular complexity index is 651. The van der Waals surface area contributed by atoms with Gasteiger partial charge in [0.2, 0.25) is 5.91 Å². The van der Waals surface area contributed by atoms with E-state index in [0.29, 0.717) is 22.8 Å². The van der Waals surface area contributed by atoms with Crippen LogP contribution in [0.25, 0.3) is 0 Å². The van der Waals surface area contributed by atoms with E-state index in [-0.39, 0.29) is 18.4 Å². The normalized spacial score (nSPS) is 9.86. The molecule has 0 aliphatic heterocycles. The Morgan fingerprint density at radius 2 is 1.50 bits per heavy atom. The van der Waals surface area contributed by atoms with Gasteiger partial charge in [-0.05, 0) is 48.5 Å². The van der Waals surface area contributed by atoms with E-state index in [1.807, 2.05) is 0 Å². The highest BCUT2D eigenvalue weighted by Gasteiger charge is 2.04. The van der Waals surface area contributed by atoms with Crippen molar-refractivity contribution in [3.8, 4) is 5.75 Å². The van der Waals surface area contributed by atoms with Gasteiger partial charge in [-0.1, -0.05) is 0 Å². The highest BCUT2D eigenvalue weighted by molar-refractivity contribution is 5.93. The number of benzene rings is 2. The average Bonchev–Trinajstić information content (AvgIpc) is 2.48. The predicted octanol–water partition coefficient (Wildman–Crippen LogP) is 2.24. The maximum absolute atomic E-state index is 11.8. The maximum atomic E-state index is 11.8. The Labute approximate surface area is 128 Å². The summed E-state index contributed by atoms with van der Waals surface area (Å²) in [7, 11) is 0. The second kappa shape index (κ2) is 7.12. The van der Waals surface area contributed by atoms with Crippen molar-refractivity contribution in [1.29, 1.82) is 0 Å². The van der Waals surface area contributed by atoms with Crippen molar-refractivity contribution in [1.82, 2.24) is 0 Å². The summed E-state index contributed by atoms with van der Waals surface area (Å²) >= 11 is 0. The zero-order valence-electron chi connectivity index (χ0n) is 12.1. The molecule has 2 rings (SSSR count). The molecule has 0 aliphatic rings. The molecule has 0 radical (unpaired) electrons. The van der Waals surface area contributed by atoms with Crippen LogP contribution in [0.2, 0.25) is 0 Å². The molecule has 114 valence electrons. The number of amides is 2. The number of rotatable bonds is 5. The van der Waals surface area contributed by atoms with Crippen LogP contribution in [0.5, 0.6) is 5.75 Å². The van der Waals surface area contributed by atoms with Crippen molar-refractivity contribution < 1.29 is 14.3 Å². The molecule has 2 aromatic rings. The van der Waals surface area contributed by atoms with Crippen LogP contribution in [-0.4, -0.2) is 18.4 Å². The minimum atomic E-state index is -0.274. The fourth-order valence-electron chi connectivity index (χ4n) is 1.75. The van der Waals surface area contributed by atoms with Gasteiger partial charge in [-0.15, -0.1) is 0 Å². The number of carbonyl (C=O) groups is 2. The van der Waals surface area contributed by atoms with Crippen LogP contribution < -0.4 is 21.1 Å². The van der Waals surface area contributed by atoms with Gasteiger partial charge >= 0.3 is 0 Å². The third-order valence-electron chi connectivity index (χ3n) is 2.74. The molecule has 0 spiro atoms. The third kappa shape index (κ3) is 4.82. The van der Waals surface area contributed by atoms with Gasteiger partial charge in [0, 0.05) is 24.0 Å². The standard InChI is InChI=1S/C16H17N3O3/c1-11(20)18-13-4-6-14(7-5-13)19-16(21)10-22-15-8-2-12(17)3-9-15/h2-9H,10,17H2,1H3,(H,18,20)(H,19,21). The van der Waals surface area contributed by atoms with Crippen LogP contribution in [0.1, 0.15) is 6.92 Å². The number of nitrogen functional groups attached to an aromatic ring is 1. The molecule has 0 unspecified atom stereocenters. The molecule has 0 saturated carbocycles. The van der Waals surface area contributed by atoms with E-state index in [4.69, 9.17) is 10.5 Å². The Morgan fingerprint density at radius 1 is 0.955 bits per heavy atom. The van der Waals surface area contributed by atoms with Crippen LogP contribution in [0.3, 0.4) is 0 Å². The summed E-state index contributed by atoms with van der Waals surface area (Å²) in [6.07, 6.45) is 0. The monoisotopic (exact) mass is 299 g/mol. The Balaban J connectivity index is 1.83. The van der Waals surface area contributed by atoms with Crippen LogP contribution in [0, 0.1) is 0 Å². The van der Waals surface area contributed by atoms with Crippen molar-refractivity contribution in [2.75, 3.05) is 23.0 Å². The molecule has 2 amide bonds. The zero-order valence-corrected chi connectivity index (χ0v) is 12.1. The van der Waals surface area contributed by atoms with Crippen molar-refractivity contribution in [2.45, 2.75) is 6.92 Å². The third-order valence-corrected chi connectivity index (χ3v) is 2.74. The van der Waals surface area contributed by atoms with E-state index in [2.05, 4.69) is 10.6 Å². The van der Waals surface area contributed by atoms with E-state index in [0.717, 1.165) is 0 Å². The summed E-state index contributed by atoms with van der Waals surface area (Å²) in [5, 5.41) is 5.35. The molecular weight excluding hydrogens is 282 g/mol. The lowest BCUT2D eigenvalue weighted by Crippen LogP contribution is -2.20. The van der Waals surface area contributed by atoms with Crippen LogP contribution in [0.4, 0.5) is 17.1 Å². The topological polar surface area (TPSA) is 93.5 Å². The average molecular weight is 299 g/mol. The second-order valence-electron chi connectivity index (χ2n) is 4.66. The Hall–Kier alpha value is -3.02. The van der Waals surface area contributed by atoms with Gasteiger partial charge in [0.15, 0.2) is 6.61 Å². The van der Waals surface area contributed by atoms with Gasteiger partial charge in [0.1, 0.15) is 5.75 Å². The first-order chi connectivity index (χ1) is 10.5. The number of carbonyl (C=O) groups excluding carboxylic acids is 2. The number of hydrogen-bond donors (Lipinski definition) is 3. The lowest BCUT2D eigenvalue weighted by molar-refractivity contribution is -0.118. The van der Waals surface area contributed by atoms with Crippen molar-refractivity contribution in [2.24, 2.45) is 0 Å². The fraction of sp³-hybridized carbons (Fsp3) is 0.125. The SMILES string of the molecule is CC(=O)Nc1ccc(NC(=O)COc2ccc(N)cc2)cc1. The molecule has 0 bridgehead atoms. The molecule has 4 N–H and O–H groups in total. The fourth-order valence-corrected chi connectivity index (χ4v) is 1.75. The summed E-state index contributed by atoms with van der Waals surface area (Å²) in [5.41, 5.74) is 7.50. The first-order valence-corrected chi connectivity index (χ1v) is 6.69. The Morgan fingerprint density at radius 3 is 2.05 bits per heavy atom. The molecule has 22 heavy (non-hydrogen) atoms. The highest BCUT2D eigenvalue weighted by Crippen LogP contribution is 2.15. The maximum Gasteiger partial charge on any atom is 0.262 e. The quantitative estimate of drug-likeness (QED) is 0.738. The minimum absolute atomic E-state index is 0.0998. The van der Waals surface area contributed by atoms with E-state index in [1.165, 1.54) is 6.92 Å². The van der Waals surface area contributed by atoms with Crippen LogP contribution >= 0.6 is 0 Å². The van der Waals surface area contributed by atoms with E-state index >= 15 is 0 Å². The first kappa shape index (κ1) is 15.4. The molecule has 2 aromatic carbocycles. The number of nitrogens with one attached hydrogen (secondary N) is 2. The lowest BCUT2D eigenvalue weighted by Gasteiger charge is -2.08. The van der Waals surface area contributed by atoms with Gasteiger partial charge in [-0.3, -0.25) is 9.59 Å². The second-order valence-corrected chi connectivity index (χ2v) is 4.66. The summed E-state index contributed by atoms with van der Waals surface area (Å²) < 4.78 is 5.35. The number of ether oxygens (including phenoxy) is 1. The summed E-state index contributed by atoms with van der Waals surface area (Å²) in [6.45, 7) is 1.33. The molecular formula is C16H17N3O3. The van der Waals surface area contributed by atoms with E-state index < -0.39 is 0 Å². The Kier molecular flexibility index (Phi) is 4.98. The number of hydrogen-bond acceptors (Lipinski definition) is 4. The molecule has 0 aliphatic carbocycles. The molecule has 0 saturated heterocycles. The number of nitrogens with two attached hydrogens (primary N) is 1. The van der Waals surface area contributed by atoms with Crippen molar-refractivity contribution >= 4 is 28.9 Å². The highest BCUT2D eigenvalue weighted by atomic mass is 16.5. The van der Waals surface area contributed by atoms with Crippen LogP contribution in [-0.2, 0) is 9.59 Å². The van der Waals surface area contributed by atoms with Gasteiger partial charge < -0.3 is 21.1 Å². The van der Waals surface area contributed by atoms with Gasteiger partial charge in [-0.2, -0.15) is 0 Å². The van der Waals surface area contributed by atoms with Gasteiger partial charge in [0.05, 0.1) is 0 Å². The number of anilines is 3. The summed E-state index contributed by atoms with van der Waals surface area (Å²) in [5.74, 6) is 0.156. The largest absolute Gasteiger partial charge is 0.484 e. The van der Waals surface area contributed by atoms with Gasteiger partial charge in [-0.25, -0.2) is 0 Å². The molecule has 0 fully saturated rings. The van der Waals surface area contributed by atoms with Gasteiger partial charge in [0.25, 0.3) is 5.91 Å². The molecule has 6 heteroatoms. The minimum Gasteiger partial charge on any atom is -0.484 e. The smallest absolute Gasteiger partial charge is 0.262 e. The van der Waals surface area contributed by atoms with E-state index in [9.17, 15) is 9.59 Å². The van der Waals surface area contributed by atoms with E-state index in [1.54, 1.807) is 48.5 Å².